The highest BCUT2D eigenvalue weighted by molar-refractivity contribution is 6.11. The summed E-state index contributed by atoms with van der Waals surface area (Å²) in [5.74, 6) is -0.891. The largest absolute Gasteiger partial charge is 0.331 e. The van der Waals surface area contributed by atoms with Crippen molar-refractivity contribution in [3.8, 4) is 11.4 Å². The van der Waals surface area contributed by atoms with Gasteiger partial charge in [-0.3, -0.25) is 20.2 Å². The Bertz CT molecular complexity index is 3000. The molecule has 0 radical (unpaired) electrons. The fourth-order valence-corrected chi connectivity index (χ4v) is 8.12. The summed E-state index contributed by atoms with van der Waals surface area (Å²) in [5.41, 5.74) is 8.67. The zero-order chi connectivity index (χ0) is 46.7. The Hall–Kier alpha value is -8.00. The Morgan fingerprint density at radius 1 is 0.500 bits per heavy atom. The molecular weight excluding hydrogens is 837 g/mol. The highest BCUT2D eigenvalue weighted by atomic mass is 16.7. The Balaban J connectivity index is 0.000000199. The zero-order valence-electron chi connectivity index (χ0n) is 37.3. The Labute approximate surface area is 381 Å². The van der Waals surface area contributed by atoms with E-state index < -0.39 is 21.8 Å². The van der Waals surface area contributed by atoms with Crippen molar-refractivity contribution in [1.82, 2.24) is 9.13 Å². The molecule has 0 amide bonds. The van der Waals surface area contributed by atoms with Crippen molar-refractivity contribution in [2.24, 2.45) is 10.3 Å². The van der Waals surface area contributed by atoms with Gasteiger partial charge in [-0.2, -0.15) is 0 Å². The average Bonchev–Trinajstić information content (AvgIpc) is 3.84. The summed E-state index contributed by atoms with van der Waals surface area (Å²) >= 11 is 0. The minimum Gasteiger partial charge on any atom is -0.318 e. The predicted molar refractivity (Wildman–Crippen MR) is 260 cm³/mol. The number of rotatable bonds is 16. The van der Waals surface area contributed by atoms with Crippen molar-refractivity contribution in [2.45, 2.75) is 79.1 Å². The summed E-state index contributed by atoms with van der Waals surface area (Å²) in [4.78, 5) is 54.1. The summed E-state index contributed by atoms with van der Waals surface area (Å²) < 4.78 is 4.19. The van der Waals surface area contributed by atoms with Gasteiger partial charge in [-0.15, -0.1) is 0 Å². The van der Waals surface area contributed by atoms with Crippen LogP contribution in [0.25, 0.3) is 55.0 Å². The van der Waals surface area contributed by atoms with Crippen molar-refractivity contribution in [3.05, 3.63) is 165 Å². The predicted octanol–water partition coefficient (Wildman–Crippen LogP) is 13.1. The van der Waals surface area contributed by atoms with Crippen molar-refractivity contribution in [1.29, 1.82) is 0 Å². The van der Waals surface area contributed by atoms with Gasteiger partial charge in [0.2, 0.25) is 0 Å². The molecule has 0 aliphatic carbocycles. The minimum atomic E-state index is -0.493. The highest BCUT2D eigenvalue weighted by Gasteiger charge is 2.19. The fraction of sp³-hybridized carbons (Fsp3) is 0.231. The molecule has 336 valence electrons. The molecule has 0 N–H and O–H groups in total. The number of benzene rings is 6. The van der Waals surface area contributed by atoms with E-state index in [1.54, 1.807) is 12.1 Å². The van der Waals surface area contributed by atoms with Gasteiger partial charge in [0.1, 0.15) is 0 Å². The Morgan fingerprint density at radius 2 is 0.864 bits per heavy atom. The van der Waals surface area contributed by atoms with E-state index in [4.69, 9.17) is 9.68 Å². The lowest BCUT2D eigenvalue weighted by Crippen LogP contribution is -2.05. The molecular formula is C52H50N6O8. The van der Waals surface area contributed by atoms with Gasteiger partial charge in [0.05, 0.1) is 43.3 Å². The van der Waals surface area contributed by atoms with E-state index in [0.29, 0.717) is 33.9 Å². The van der Waals surface area contributed by atoms with Crippen LogP contribution in [0.2, 0.25) is 0 Å². The zero-order valence-corrected chi connectivity index (χ0v) is 37.3. The van der Waals surface area contributed by atoms with E-state index in [9.17, 15) is 29.8 Å². The number of fused-ring (bicyclic) bond motifs is 6. The number of nitrogens with zero attached hydrogens (tertiary/aromatic N) is 6. The van der Waals surface area contributed by atoms with Crippen molar-refractivity contribution >= 4 is 78.3 Å². The van der Waals surface area contributed by atoms with Crippen LogP contribution >= 0.6 is 0 Å². The van der Waals surface area contributed by atoms with E-state index in [1.165, 1.54) is 59.9 Å². The quantitative estimate of drug-likeness (QED) is 0.0303. The summed E-state index contributed by atoms with van der Waals surface area (Å²) in [6.07, 6.45) is 7.69. The number of para-hydroxylation sites is 2. The number of carbonyl (C=O) groups excluding carboxylic acids is 2. The van der Waals surface area contributed by atoms with Crippen LogP contribution in [0, 0.1) is 20.2 Å². The molecule has 0 saturated heterocycles. The molecule has 66 heavy (non-hydrogen) atoms. The molecule has 8 aromatic rings. The molecule has 0 unspecified atom stereocenters. The first kappa shape index (κ1) is 46.0. The maximum Gasteiger partial charge on any atom is 0.331 e. The van der Waals surface area contributed by atoms with Gasteiger partial charge in [0.15, 0.2) is 0 Å². The van der Waals surface area contributed by atoms with Crippen LogP contribution in [0.1, 0.15) is 90.2 Å². The number of nitro benzene ring substituents is 2. The number of aromatic nitrogens is 2. The topological polar surface area (TPSA) is 173 Å². The molecule has 0 atom stereocenters. The van der Waals surface area contributed by atoms with Gasteiger partial charge in [0.25, 0.3) is 11.4 Å². The van der Waals surface area contributed by atoms with Crippen LogP contribution in [0.3, 0.4) is 0 Å². The number of hydrogen-bond acceptors (Lipinski definition) is 10. The third-order valence-corrected chi connectivity index (χ3v) is 11.3. The van der Waals surface area contributed by atoms with Crippen LogP contribution in [0.4, 0.5) is 11.4 Å². The van der Waals surface area contributed by atoms with E-state index in [1.807, 2.05) is 28.8 Å². The van der Waals surface area contributed by atoms with Crippen LogP contribution in [-0.2, 0) is 19.3 Å². The molecule has 2 aromatic heterocycles. The van der Waals surface area contributed by atoms with E-state index in [-0.39, 0.29) is 11.4 Å². The van der Waals surface area contributed by atoms with E-state index >= 15 is 0 Å². The van der Waals surface area contributed by atoms with Gasteiger partial charge in [-0.1, -0.05) is 111 Å². The lowest BCUT2D eigenvalue weighted by atomic mass is 10.0. The first-order valence-electron chi connectivity index (χ1n) is 22.0. The third kappa shape index (κ3) is 10.3. The van der Waals surface area contributed by atoms with Gasteiger partial charge in [0, 0.05) is 71.0 Å². The second-order valence-electron chi connectivity index (χ2n) is 15.9. The summed E-state index contributed by atoms with van der Waals surface area (Å²) in [6, 6.07) is 41.8. The lowest BCUT2D eigenvalue weighted by molar-refractivity contribution is -0.385. The molecule has 0 fully saturated rings. The lowest BCUT2D eigenvalue weighted by Gasteiger charge is -2.10. The standard InChI is InChI=1S/C26H24N4O6.C26H26N2O2/c1-3-4-5-6-24(27-36-17(2)31)18-7-9-19(10-8-18)28-25-13-11-20(29(32)33)15-22(25)23-16-21(30(34)35)12-14-26(23)28;1-3-4-5-12-24(27-30-19(2)29)20-15-17-21(18-16-20)28-25-13-8-6-10-22(25)23-11-7-9-14-26(23)28/h7-16H,3-6H2,1-2H3;6-11,13-18H,3-5,12H2,1-2H3/b2*27-24-. The smallest absolute Gasteiger partial charge is 0.318 e. The van der Waals surface area contributed by atoms with Gasteiger partial charge >= 0.3 is 11.9 Å². The van der Waals surface area contributed by atoms with Gasteiger partial charge in [-0.25, -0.2) is 9.59 Å². The number of non-ortho nitro benzene ring substituents is 2. The molecule has 0 bridgehead atoms. The molecule has 0 aliphatic rings. The number of hydrogen-bond donors (Lipinski definition) is 0. The molecule has 6 aromatic carbocycles. The van der Waals surface area contributed by atoms with Crippen molar-refractivity contribution in [2.75, 3.05) is 0 Å². The normalized spacial score (nSPS) is 11.8. The maximum atomic E-state index is 11.4. The second kappa shape index (κ2) is 21.1. The fourth-order valence-electron chi connectivity index (χ4n) is 8.12. The summed E-state index contributed by atoms with van der Waals surface area (Å²) in [7, 11) is 0. The molecule has 0 aliphatic heterocycles. The van der Waals surface area contributed by atoms with Gasteiger partial charge in [-0.05, 0) is 85.3 Å². The number of nitro groups is 2. The van der Waals surface area contributed by atoms with Crippen LogP contribution in [0.15, 0.2) is 144 Å². The molecule has 8 rings (SSSR count). The summed E-state index contributed by atoms with van der Waals surface area (Å²) in [6.45, 7) is 6.95. The van der Waals surface area contributed by atoms with Gasteiger partial charge < -0.3 is 18.8 Å². The van der Waals surface area contributed by atoms with Crippen LogP contribution in [-0.4, -0.2) is 42.3 Å². The first-order valence-corrected chi connectivity index (χ1v) is 22.0. The maximum absolute atomic E-state index is 11.4. The molecule has 2 heterocycles. The Morgan fingerprint density at radius 3 is 1.21 bits per heavy atom. The first-order chi connectivity index (χ1) is 32.0. The van der Waals surface area contributed by atoms with Crippen LogP contribution in [0.5, 0.6) is 0 Å². The SMILES string of the molecule is CCCCC/C(=N/OC(C)=O)c1ccc(-n2c3ccc([N+](=O)[O-])cc3c3cc([N+](=O)[O-])ccc32)cc1.CCCCC/C(=N/OC(C)=O)c1ccc(-n2c3ccccc3c3ccccc32)cc1. The third-order valence-electron chi connectivity index (χ3n) is 11.3. The Kier molecular flexibility index (Phi) is 14.7. The number of carbonyl (C=O) groups is 2. The monoisotopic (exact) mass is 886 g/mol. The minimum absolute atomic E-state index is 0.0955. The van der Waals surface area contributed by atoms with Crippen molar-refractivity contribution < 1.29 is 29.1 Å². The second-order valence-corrected chi connectivity index (χ2v) is 15.9. The van der Waals surface area contributed by atoms with Crippen molar-refractivity contribution in [3.63, 3.8) is 0 Å². The highest BCUT2D eigenvalue weighted by Crippen LogP contribution is 2.36. The average molecular weight is 887 g/mol. The number of oxime groups is 2. The molecule has 0 spiro atoms. The van der Waals surface area contributed by atoms with E-state index in [0.717, 1.165) is 73.2 Å². The molecule has 14 nitrogen and oxygen atoms in total. The molecule has 14 heteroatoms. The number of unbranched alkanes of at least 4 members (excludes halogenated alkanes) is 4. The van der Waals surface area contributed by atoms with E-state index in [2.05, 4.69) is 102 Å². The summed E-state index contributed by atoms with van der Waals surface area (Å²) in [5, 5.41) is 34.5. The van der Waals surface area contributed by atoms with Crippen LogP contribution < -0.4 is 0 Å². The molecule has 0 saturated carbocycles.